The Bertz CT molecular complexity index is 456. The zero-order chi connectivity index (χ0) is 16.9. The lowest BCUT2D eigenvalue weighted by atomic mass is 10.1. The average Bonchev–Trinajstić information content (AvgIpc) is 2.53. The molecule has 0 radical (unpaired) electrons. The van der Waals surface area contributed by atoms with Crippen LogP contribution in [0.3, 0.4) is 0 Å². The van der Waals surface area contributed by atoms with Crippen molar-refractivity contribution in [2.45, 2.75) is 71.5 Å². The molecule has 0 N–H and O–H groups in total. The van der Waals surface area contributed by atoms with Gasteiger partial charge in [0.25, 0.3) is 0 Å². The summed E-state index contributed by atoms with van der Waals surface area (Å²) in [5.74, 6) is -0.582. The molecule has 0 aliphatic rings. The molecule has 1 rings (SSSR count). The van der Waals surface area contributed by atoms with Crippen LogP contribution in [0.2, 0.25) is 0 Å². The predicted molar refractivity (Wildman–Crippen MR) is 89.8 cm³/mol. The molecule has 1 atom stereocenters. The molecule has 0 spiro atoms. The lowest BCUT2D eigenvalue weighted by Crippen LogP contribution is -2.19. The van der Waals surface area contributed by atoms with E-state index < -0.39 is 6.10 Å². The number of benzene rings is 1. The first kappa shape index (κ1) is 19.2. The minimum Gasteiger partial charge on any atom is -0.462 e. The molecule has 0 aliphatic heterocycles. The summed E-state index contributed by atoms with van der Waals surface area (Å²) < 4.78 is 10.4. The Balaban J connectivity index is 2.13. The fraction of sp³-hybridized carbons (Fsp3) is 0.579. The molecular formula is C19H28O4. The van der Waals surface area contributed by atoms with E-state index in [9.17, 15) is 9.59 Å². The number of carbonyl (C=O) groups excluding carboxylic acids is 2. The van der Waals surface area contributed by atoms with Gasteiger partial charge in [0.15, 0.2) is 0 Å². The molecular weight excluding hydrogens is 292 g/mol. The van der Waals surface area contributed by atoms with Crippen LogP contribution in [0.25, 0.3) is 0 Å². The van der Waals surface area contributed by atoms with E-state index in [-0.39, 0.29) is 25.0 Å². The quantitative estimate of drug-likeness (QED) is 0.447. The Morgan fingerprint density at radius 2 is 1.70 bits per heavy atom. The molecule has 4 heteroatoms. The maximum absolute atomic E-state index is 11.7. The largest absolute Gasteiger partial charge is 0.462 e. The van der Waals surface area contributed by atoms with Gasteiger partial charge in [0.1, 0.15) is 12.7 Å². The monoisotopic (exact) mass is 320 g/mol. The van der Waals surface area contributed by atoms with Crippen molar-refractivity contribution in [3.05, 3.63) is 35.9 Å². The Hall–Kier alpha value is -1.84. The van der Waals surface area contributed by atoms with Crippen LogP contribution in [0.4, 0.5) is 0 Å². The number of carbonyl (C=O) groups is 2. The Morgan fingerprint density at radius 1 is 1.00 bits per heavy atom. The summed E-state index contributed by atoms with van der Waals surface area (Å²) in [5.41, 5.74) is 0.942. The van der Waals surface area contributed by atoms with Crippen molar-refractivity contribution in [2.24, 2.45) is 0 Å². The third-order valence-electron chi connectivity index (χ3n) is 3.51. The first-order valence-corrected chi connectivity index (χ1v) is 8.50. The fourth-order valence-electron chi connectivity index (χ4n) is 2.23. The van der Waals surface area contributed by atoms with E-state index in [2.05, 4.69) is 6.92 Å². The molecule has 0 amide bonds. The molecule has 0 fully saturated rings. The third-order valence-corrected chi connectivity index (χ3v) is 3.51. The summed E-state index contributed by atoms with van der Waals surface area (Å²) in [6.45, 7) is 4.13. The molecule has 0 saturated carbocycles. The third kappa shape index (κ3) is 9.72. The van der Waals surface area contributed by atoms with E-state index in [0.717, 1.165) is 24.8 Å². The van der Waals surface area contributed by atoms with Gasteiger partial charge in [0.05, 0.1) is 6.42 Å². The second-order valence-electron chi connectivity index (χ2n) is 5.82. The minimum absolute atomic E-state index is 0.0917. The number of hydrogen-bond acceptors (Lipinski definition) is 4. The predicted octanol–water partition coefficient (Wildman–Crippen LogP) is 4.41. The van der Waals surface area contributed by atoms with Crippen molar-refractivity contribution in [2.75, 3.05) is 0 Å². The van der Waals surface area contributed by atoms with Crippen molar-refractivity contribution in [1.82, 2.24) is 0 Å². The lowest BCUT2D eigenvalue weighted by Gasteiger charge is -2.13. The van der Waals surface area contributed by atoms with E-state index in [0.29, 0.717) is 6.42 Å². The Morgan fingerprint density at radius 3 is 2.39 bits per heavy atom. The van der Waals surface area contributed by atoms with Crippen LogP contribution >= 0.6 is 0 Å². The van der Waals surface area contributed by atoms with Crippen molar-refractivity contribution in [3.8, 4) is 0 Å². The van der Waals surface area contributed by atoms with Crippen molar-refractivity contribution >= 4 is 11.9 Å². The second-order valence-corrected chi connectivity index (χ2v) is 5.82. The van der Waals surface area contributed by atoms with Crippen molar-refractivity contribution in [3.63, 3.8) is 0 Å². The molecule has 0 bridgehead atoms. The molecule has 0 unspecified atom stereocenters. The zero-order valence-corrected chi connectivity index (χ0v) is 14.3. The SMILES string of the molecule is CCCCCCCC(=O)O[C@H](C)CC(=O)OCc1ccccc1. The lowest BCUT2D eigenvalue weighted by molar-refractivity contribution is -0.154. The van der Waals surface area contributed by atoms with Gasteiger partial charge in [-0.05, 0) is 18.9 Å². The van der Waals surface area contributed by atoms with E-state index in [1.165, 1.54) is 12.8 Å². The van der Waals surface area contributed by atoms with E-state index in [1.807, 2.05) is 30.3 Å². The summed E-state index contributed by atoms with van der Waals surface area (Å²) in [6.07, 6.45) is 5.53. The fourth-order valence-corrected chi connectivity index (χ4v) is 2.23. The smallest absolute Gasteiger partial charge is 0.309 e. The van der Waals surface area contributed by atoms with Gasteiger partial charge in [-0.3, -0.25) is 9.59 Å². The molecule has 0 saturated heterocycles. The standard InChI is InChI=1S/C19H28O4/c1-3-4-5-6-10-13-18(20)23-16(2)14-19(21)22-15-17-11-8-7-9-12-17/h7-9,11-12,16H,3-6,10,13-15H2,1-2H3/t16-/m1/s1. The molecule has 0 aromatic heterocycles. The minimum atomic E-state index is -0.443. The van der Waals surface area contributed by atoms with Crippen LogP contribution in [0, 0.1) is 0 Å². The Labute approximate surface area is 139 Å². The number of ether oxygens (including phenoxy) is 2. The van der Waals surface area contributed by atoms with Crippen LogP contribution in [0.5, 0.6) is 0 Å². The van der Waals surface area contributed by atoms with E-state index in [1.54, 1.807) is 6.92 Å². The maximum Gasteiger partial charge on any atom is 0.309 e. The first-order valence-electron chi connectivity index (χ1n) is 8.50. The normalized spacial score (nSPS) is 11.7. The van der Waals surface area contributed by atoms with Gasteiger partial charge < -0.3 is 9.47 Å². The molecule has 0 heterocycles. The van der Waals surface area contributed by atoms with E-state index in [4.69, 9.17) is 9.47 Å². The highest BCUT2D eigenvalue weighted by Gasteiger charge is 2.14. The molecule has 1 aromatic carbocycles. The second kappa shape index (κ2) is 11.7. The zero-order valence-electron chi connectivity index (χ0n) is 14.3. The van der Waals surface area contributed by atoms with Gasteiger partial charge in [0.2, 0.25) is 0 Å². The highest BCUT2D eigenvalue weighted by atomic mass is 16.6. The molecule has 128 valence electrons. The molecule has 4 nitrogen and oxygen atoms in total. The van der Waals surface area contributed by atoms with Gasteiger partial charge in [0, 0.05) is 6.42 Å². The molecule has 23 heavy (non-hydrogen) atoms. The van der Waals surface area contributed by atoms with Crippen LogP contribution in [-0.2, 0) is 25.7 Å². The summed E-state index contributed by atoms with van der Waals surface area (Å²) in [4.78, 5) is 23.4. The first-order chi connectivity index (χ1) is 11.1. The Kier molecular flexibility index (Phi) is 9.76. The van der Waals surface area contributed by atoms with Gasteiger partial charge in [-0.2, -0.15) is 0 Å². The topological polar surface area (TPSA) is 52.6 Å². The van der Waals surface area contributed by atoms with Crippen LogP contribution in [-0.4, -0.2) is 18.0 Å². The van der Waals surface area contributed by atoms with Gasteiger partial charge in [-0.1, -0.05) is 62.9 Å². The van der Waals surface area contributed by atoms with Crippen molar-refractivity contribution in [1.29, 1.82) is 0 Å². The number of hydrogen-bond donors (Lipinski definition) is 0. The summed E-state index contributed by atoms with van der Waals surface area (Å²) in [6, 6.07) is 9.50. The number of rotatable bonds is 11. The van der Waals surface area contributed by atoms with Gasteiger partial charge >= 0.3 is 11.9 Å². The number of esters is 2. The van der Waals surface area contributed by atoms with Crippen LogP contribution in [0.15, 0.2) is 30.3 Å². The number of unbranched alkanes of at least 4 members (excludes halogenated alkanes) is 4. The summed E-state index contributed by atoms with van der Waals surface area (Å²) in [7, 11) is 0. The van der Waals surface area contributed by atoms with Crippen LogP contribution < -0.4 is 0 Å². The average molecular weight is 320 g/mol. The van der Waals surface area contributed by atoms with Gasteiger partial charge in [-0.25, -0.2) is 0 Å². The summed E-state index contributed by atoms with van der Waals surface area (Å²) in [5, 5.41) is 0. The van der Waals surface area contributed by atoms with Crippen LogP contribution in [0.1, 0.15) is 64.4 Å². The molecule has 0 aliphatic carbocycles. The van der Waals surface area contributed by atoms with E-state index >= 15 is 0 Å². The molecule has 1 aromatic rings. The van der Waals surface area contributed by atoms with Crippen molar-refractivity contribution < 1.29 is 19.1 Å². The maximum atomic E-state index is 11.7. The van der Waals surface area contributed by atoms with Gasteiger partial charge in [-0.15, -0.1) is 0 Å². The highest BCUT2D eigenvalue weighted by Crippen LogP contribution is 2.09. The summed E-state index contributed by atoms with van der Waals surface area (Å²) >= 11 is 0. The highest BCUT2D eigenvalue weighted by molar-refractivity contribution is 5.72.